The van der Waals surface area contributed by atoms with E-state index in [1.54, 1.807) is 12.2 Å². The van der Waals surface area contributed by atoms with E-state index in [0.717, 1.165) is 0 Å². The van der Waals surface area contributed by atoms with Crippen LogP contribution >= 0.6 is 0 Å². The molecule has 1 rings (SSSR count). The molecule has 0 radical (unpaired) electrons. The largest absolute Gasteiger partial charge is 0.469 e. The van der Waals surface area contributed by atoms with Crippen LogP contribution in [0.5, 0.6) is 0 Å². The quantitative estimate of drug-likeness (QED) is 0.249. The number of methoxy groups -OCH3 is 3. The number of ether oxygens (including phenoxy) is 3. The normalized spacial score (nSPS) is 20.6. The first-order valence-corrected chi connectivity index (χ1v) is 6.82. The Kier molecular flexibility index (Phi) is 6.17. The van der Waals surface area contributed by atoms with Crippen LogP contribution in [0.4, 0.5) is 0 Å². The van der Waals surface area contributed by atoms with Gasteiger partial charge in [0.2, 0.25) is 0 Å². The topological polar surface area (TPSA) is 78.9 Å². The number of allylic oxidation sites excluding steroid dienone is 2. The molecule has 1 aliphatic carbocycles. The number of hydrogen-bond acceptors (Lipinski definition) is 6. The molecule has 0 aliphatic heterocycles. The summed E-state index contributed by atoms with van der Waals surface area (Å²) in [6.07, 6.45) is 9.37. The van der Waals surface area contributed by atoms with E-state index in [9.17, 15) is 14.4 Å². The van der Waals surface area contributed by atoms with Crippen LogP contribution in [-0.4, -0.2) is 39.2 Å². The second-order valence-electron chi connectivity index (χ2n) is 5.06. The van der Waals surface area contributed by atoms with Gasteiger partial charge in [-0.05, 0) is 12.8 Å². The molecule has 6 heteroatoms. The first kappa shape index (κ1) is 17.8. The second-order valence-corrected chi connectivity index (χ2v) is 5.06. The summed E-state index contributed by atoms with van der Waals surface area (Å²) in [5.74, 6) is -0.614. The van der Waals surface area contributed by atoms with Crippen LogP contribution in [0, 0.1) is 29.6 Å². The van der Waals surface area contributed by atoms with Gasteiger partial charge in [-0.3, -0.25) is 14.4 Å². The van der Waals surface area contributed by atoms with E-state index in [2.05, 4.69) is 5.92 Å². The standard InChI is InChI=1S/C16H20O6/c1-5-9-16(14(18)21-3,15(19)22-4)12-8-6-7-11(10-12)13(17)20-2/h1,6,8,11-12H,7,9-10H2,2-4H3/t11-,12+/m0/s1. The first-order valence-electron chi connectivity index (χ1n) is 6.82. The van der Waals surface area contributed by atoms with Gasteiger partial charge in [0, 0.05) is 12.3 Å². The van der Waals surface area contributed by atoms with E-state index in [4.69, 9.17) is 20.6 Å². The zero-order valence-corrected chi connectivity index (χ0v) is 13.0. The zero-order chi connectivity index (χ0) is 16.8. The van der Waals surface area contributed by atoms with Crippen molar-refractivity contribution in [1.82, 2.24) is 0 Å². The van der Waals surface area contributed by atoms with Crippen LogP contribution in [0.15, 0.2) is 12.2 Å². The van der Waals surface area contributed by atoms with Gasteiger partial charge in [0.25, 0.3) is 0 Å². The van der Waals surface area contributed by atoms with E-state index in [1.165, 1.54) is 21.3 Å². The summed E-state index contributed by atoms with van der Waals surface area (Å²) in [7, 11) is 3.66. The van der Waals surface area contributed by atoms with Crippen molar-refractivity contribution in [3.63, 3.8) is 0 Å². The van der Waals surface area contributed by atoms with Crippen molar-refractivity contribution in [2.24, 2.45) is 17.3 Å². The summed E-state index contributed by atoms with van der Waals surface area (Å²) in [5, 5.41) is 0. The molecule has 0 aromatic carbocycles. The lowest BCUT2D eigenvalue weighted by molar-refractivity contribution is -0.173. The third-order valence-electron chi connectivity index (χ3n) is 3.98. The fourth-order valence-corrected chi connectivity index (χ4v) is 2.80. The number of carbonyl (C=O) groups excluding carboxylic acids is 3. The number of esters is 3. The molecule has 0 bridgehead atoms. The molecule has 2 atom stereocenters. The van der Waals surface area contributed by atoms with Gasteiger partial charge in [-0.15, -0.1) is 12.3 Å². The highest BCUT2D eigenvalue weighted by Crippen LogP contribution is 2.42. The van der Waals surface area contributed by atoms with E-state index in [0.29, 0.717) is 6.42 Å². The van der Waals surface area contributed by atoms with Crippen LogP contribution < -0.4 is 0 Å². The number of rotatable bonds is 5. The Morgan fingerprint density at radius 1 is 1.18 bits per heavy atom. The molecule has 6 nitrogen and oxygen atoms in total. The Bertz CT molecular complexity index is 497. The third-order valence-corrected chi connectivity index (χ3v) is 3.98. The minimum atomic E-state index is -1.65. The Morgan fingerprint density at radius 2 is 1.77 bits per heavy atom. The number of terminal acetylenes is 1. The SMILES string of the molecule is C#CCC(C(=O)OC)(C(=O)OC)[C@@H]1C=CC[C@H](C(=O)OC)C1. The van der Waals surface area contributed by atoms with Gasteiger partial charge in [-0.25, -0.2) is 0 Å². The van der Waals surface area contributed by atoms with E-state index in [-0.39, 0.29) is 12.8 Å². The molecule has 0 saturated heterocycles. The summed E-state index contributed by atoms with van der Waals surface area (Å²) in [6.45, 7) is 0. The molecule has 0 fully saturated rings. The predicted octanol–water partition coefficient (Wildman–Crippen LogP) is 1.10. The highest BCUT2D eigenvalue weighted by molar-refractivity contribution is 6.01. The van der Waals surface area contributed by atoms with Crippen molar-refractivity contribution >= 4 is 17.9 Å². The lowest BCUT2D eigenvalue weighted by Gasteiger charge is -2.35. The summed E-state index contributed by atoms with van der Waals surface area (Å²) < 4.78 is 14.3. The molecule has 1 aliphatic rings. The molecule has 22 heavy (non-hydrogen) atoms. The van der Waals surface area contributed by atoms with Gasteiger partial charge in [0.05, 0.1) is 27.2 Å². The first-order chi connectivity index (χ1) is 10.5. The van der Waals surface area contributed by atoms with Crippen LogP contribution in [0.1, 0.15) is 19.3 Å². The molecule has 0 saturated carbocycles. The molecular weight excluding hydrogens is 288 g/mol. The maximum atomic E-state index is 12.3. The van der Waals surface area contributed by atoms with Gasteiger partial charge in [-0.2, -0.15) is 0 Å². The molecule has 0 heterocycles. The zero-order valence-electron chi connectivity index (χ0n) is 13.0. The summed E-state index contributed by atoms with van der Waals surface area (Å²) in [4.78, 5) is 36.3. The van der Waals surface area contributed by atoms with Crippen LogP contribution in [-0.2, 0) is 28.6 Å². The lowest BCUT2D eigenvalue weighted by Crippen LogP contribution is -2.48. The van der Waals surface area contributed by atoms with Gasteiger partial charge in [0.1, 0.15) is 0 Å². The molecule has 0 spiro atoms. The minimum Gasteiger partial charge on any atom is -0.469 e. The van der Waals surface area contributed by atoms with Crippen molar-refractivity contribution in [2.75, 3.05) is 21.3 Å². The molecule has 0 aromatic heterocycles. The smallest absolute Gasteiger partial charge is 0.324 e. The van der Waals surface area contributed by atoms with Crippen molar-refractivity contribution in [3.8, 4) is 12.3 Å². The number of hydrogen-bond donors (Lipinski definition) is 0. The fourth-order valence-electron chi connectivity index (χ4n) is 2.80. The van der Waals surface area contributed by atoms with E-state index < -0.39 is 35.2 Å². The van der Waals surface area contributed by atoms with Crippen LogP contribution in [0.25, 0.3) is 0 Å². The Labute approximate surface area is 129 Å². The monoisotopic (exact) mass is 308 g/mol. The highest BCUT2D eigenvalue weighted by atomic mass is 16.5. The molecular formula is C16H20O6. The molecule has 0 unspecified atom stereocenters. The Balaban J connectivity index is 3.26. The van der Waals surface area contributed by atoms with E-state index in [1.807, 2.05) is 0 Å². The summed E-state index contributed by atoms with van der Waals surface area (Å²) >= 11 is 0. The van der Waals surface area contributed by atoms with Gasteiger partial charge < -0.3 is 14.2 Å². The number of carbonyl (C=O) groups is 3. The minimum absolute atomic E-state index is 0.171. The van der Waals surface area contributed by atoms with Crippen LogP contribution in [0.2, 0.25) is 0 Å². The van der Waals surface area contributed by atoms with Crippen LogP contribution in [0.3, 0.4) is 0 Å². The van der Waals surface area contributed by atoms with Crippen molar-refractivity contribution in [2.45, 2.75) is 19.3 Å². The summed E-state index contributed by atoms with van der Waals surface area (Å²) in [5.41, 5.74) is -1.65. The van der Waals surface area contributed by atoms with Gasteiger partial charge >= 0.3 is 17.9 Å². The average molecular weight is 308 g/mol. The van der Waals surface area contributed by atoms with Crippen molar-refractivity contribution < 1.29 is 28.6 Å². The molecule has 0 aromatic rings. The second kappa shape index (κ2) is 7.64. The Hall–Kier alpha value is -2.29. The highest BCUT2D eigenvalue weighted by Gasteiger charge is 2.54. The van der Waals surface area contributed by atoms with Gasteiger partial charge in [-0.1, -0.05) is 12.2 Å². The molecule has 0 amide bonds. The van der Waals surface area contributed by atoms with Gasteiger partial charge in [0.15, 0.2) is 5.41 Å². The maximum Gasteiger partial charge on any atom is 0.324 e. The third kappa shape index (κ3) is 3.14. The van der Waals surface area contributed by atoms with Crippen molar-refractivity contribution in [3.05, 3.63) is 12.2 Å². The fraction of sp³-hybridized carbons (Fsp3) is 0.562. The average Bonchev–Trinajstić information content (AvgIpc) is 2.57. The molecule has 120 valence electrons. The molecule has 0 N–H and O–H groups in total. The predicted molar refractivity (Wildman–Crippen MR) is 77.3 cm³/mol. The Morgan fingerprint density at radius 3 is 2.23 bits per heavy atom. The lowest BCUT2D eigenvalue weighted by atomic mass is 9.67. The summed E-state index contributed by atoms with van der Waals surface area (Å²) in [6, 6.07) is 0. The van der Waals surface area contributed by atoms with E-state index >= 15 is 0 Å². The van der Waals surface area contributed by atoms with Crippen molar-refractivity contribution in [1.29, 1.82) is 0 Å². The maximum absolute atomic E-state index is 12.3.